The van der Waals surface area contributed by atoms with Gasteiger partial charge in [0.25, 0.3) is 0 Å². The molecule has 5 nitrogen and oxygen atoms in total. The van der Waals surface area contributed by atoms with Crippen molar-refractivity contribution in [1.82, 2.24) is 9.61 Å². The number of nitrogens with one attached hydrogen (secondary N) is 1. The summed E-state index contributed by atoms with van der Waals surface area (Å²) in [4.78, 5) is 0. The van der Waals surface area contributed by atoms with Crippen LogP contribution in [0.1, 0.15) is 5.56 Å². The molecule has 0 spiro atoms. The molecule has 0 aliphatic carbocycles. The molecule has 0 saturated heterocycles. The summed E-state index contributed by atoms with van der Waals surface area (Å²) < 4.78 is 28.6. The number of nitrogens with zero attached hydrogens (tertiary/aromatic N) is 2. The van der Waals surface area contributed by atoms with E-state index in [9.17, 15) is 8.42 Å². The zero-order chi connectivity index (χ0) is 14.9. The van der Waals surface area contributed by atoms with Crippen LogP contribution < -0.4 is 4.72 Å². The first-order valence-corrected chi connectivity index (χ1v) is 8.23. The SMILES string of the molecule is O=S(=O)(Cc1cccc(Cl)c1)Nc1ccn2nccc2c1. The first-order valence-electron chi connectivity index (χ1n) is 6.20. The van der Waals surface area contributed by atoms with Gasteiger partial charge in [0.05, 0.1) is 17.0 Å². The third-order valence-corrected chi connectivity index (χ3v) is 4.41. The van der Waals surface area contributed by atoms with Crippen molar-refractivity contribution in [1.29, 1.82) is 0 Å². The number of benzene rings is 1. The van der Waals surface area contributed by atoms with E-state index in [0.717, 1.165) is 5.52 Å². The van der Waals surface area contributed by atoms with Gasteiger partial charge >= 0.3 is 0 Å². The quantitative estimate of drug-likeness (QED) is 0.803. The molecule has 0 unspecified atom stereocenters. The van der Waals surface area contributed by atoms with Crippen molar-refractivity contribution in [2.45, 2.75) is 5.75 Å². The molecule has 0 atom stereocenters. The van der Waals surface area contributed by atoms with E-state index in [1.54, 1.807) is 59.4 Å². The summed E-state index contributed by atoms with van der Waals surface area (Å²) in [7, 11) is -3.49. The summed E-state index contributed by atoms with van der Waals surface area (Å²) in [5.41, 5.74) is 1.96. The first kappa shape index (κ1) is 13.9. The van der Waals surface area contributed by atoms with Gasteiger partial charge in [-0.1, -0.05) is 23.7 Å². The Bertz CT molecular complexity index is 890. The molecule has 2 heterocycles. The summed E-state index contributed by atoms with van der Waals surface area (Å²) in [5.74, 6) is -0.127. The number of rotatable bonds is 4. The van der Waals surface area contributed by atoms with Crippen LogP contribution in [0, 0.1) is 0 Å². The molecule has 0 aliphatic rings. The van der Waals surface area contributed by atoms with E-state index in [2.05, 4.69) is 9.82 Å². The van der Waals surface area contributed by atoms with Crippen LogP contribution in [0.4, 0.5) is 5.69 Å². The van der Waals surface area contributed by atoms with Crippen molar-refractivity contribution in [3.8, 4) is 0 Å². The minimum absolute atomic E-state index is 0.127. The average molecular weight is 322 g/mol. The second-order valence-corrected chi connectivity index (χ2v) is 6.77. The van der Waals surface area contributed by atoms with Crippen molar-refractivity contribution < 1.29 is 8.42 Å². The third-order valence-electron chi connectivity index (χ3n) is 2.92. The molecule has 1 aromatic carbocycles. The van der Waals surface area contributed by atoms with Gasteiger partial charge in [-0.25, -0.2) is 12.9 Å². The van der Waals surface area contributed by atoms with E-state index in [0.29, 0.717) is 16.3 Å². The van der Waals surface area contributed by atoms with Crippen LogP contribution in [0.5, 0.6) is 0 Å². The molecule has 1 N–H and O–H groups in total. The summed E-state index contributed by atoms with van der Waals surface area (Å²) in [6.45, 7) is 0. The van der Waals surface area contributed by atoms with Gasteiger partial charge in [0, 0.05) is 17.4 Å². The summed E-state index contributed by atoms with van der Waals surface area (Å²) in [5, 5.41) is 4.58. The second-order valence-electron chi connectivity index (χ2n) is 4.61. The second kappa shape index (κ2) is 5.38. The number of sulfonamides is 1. The lowest BCUT2D eigenvalue weighted by Crippen LogP contribution is -2.15. The highest BCUT2D eigenvalue weighted by Gasteiger charge is 2.12. The van der Waals surface area contributed by atoms with Crippen LogP contribution in [0.3, 0.4) is 0 Å². The van der Waals surface area contributed by atoms with E-state index < -0.39 is 10.0 Å². The molecule has 3 rings (SSSR count). The van der Waals surface area contributed by atoms with E-state index in [1.807, 2.05) is 0 Å². The summed E-state index contributed by atoms with van der Waals surface area (Å²) in [6, 6.07) is 12.0. The Morgan fingerprint density at radius 3 is 2.86 bits per heavy atom. The number of fused-ring (bicyclic) bond motifs is 1. The van der Waals surface area contributed by atoms with Crippen LogP contribution in [0.25, 0.3) is 5.52 Å². The Morgan fingerprint density at radius 2 is 2.05 bits per heavy atom. The first-order chi connectivity index (χ1) is 10.0. The molecular formula is C14H12ClN3O2S. The maximum Gasteiger partial charge on any atom is 0.236 e. The smallest absolute Gasteiger partial charge is 0.236 e. The Morgan fingerprint density at radius 1 is 1.19 bits per heavy atom. The van der Waals surface area contributed by atoms with E-state index in [4.69, 9.17) is 11.6 Å². The van der Waals surface area contributed by atoms with Crippen molar-refractivity contribution in [2.75, 3.05) is 4.72 Å². The molecule has 21 heavy (non-hydrogen) atoms. The lowest BCUT2D eigenvalue weighted by molar-refractivity contribution is 0.600. The molecule has 108 valence electrons. The fraction of sp³-hybridized carbons (Fsp3) is 0.0714. The predicted molar refractivity (Wildman–Crippen MR) is 82.9 cm³/mol. The highest BCUT2D eigenvalue weighted by molar-refractivity contribution is 7.91. The summed E-state index contributed by atoms with van der Waals surface area (Å²) in [6.07, 6.45) is 3.35. The number of pyridine rings is 1. The maximum absolute atomic E-state index is 12.2. The minimum Gasteiger partial charge on any atom is -0.283 e. The molecule has 2 aromatic heterocycles. The van der Waals surface area contributed by atoms with Gasteiger partial charge in [0.1, 0.15) is 0 Å². The van der Waals surface area contributed by atoms with Crippen LogP contribution >= 0.6 is 11.6 Å². The van der Waals surface area contributed by atoms with Gasteiger partial charge < -0.3 is 0 Å². The van der Waals surface area contributed by atoms with Crippen LogP contribution in [0.15, 0.2) is 54.9 Å². The number of hydrogen-bond donors (Lipinski definition) is 1. The number of halogens is 1. The molecule has 0 saturated carbocycles. The largest absolute Gasteiger partial charge is 0.283 e. The zero-order valence-corrected chi connectivity index (χ0v) is 12.5. The van der Waals surface area contributed by atoms with Gasteiger partial charge in [0.2, 0.25) is 10.0 Å². The third kappa shape index (κ3) is 3.34. The van der Waals surface area contributed by atoms with Crippen molar-refractivity contribution in [3.05, 3.63) is 65.4 Å². The van der Waals surface area contributed by atoms with Crippen molar-refractivity contribution >= 4 is 32.8 Å². The highest BCUT2D eigenvalue weighted by Crippen LogP contribution is 2.17. The molecule has 0 amide bonds. The number of anilines is 1. The predicted octanol–water partition coefficient (Wildman–Crippen LogP) is 2.93. The van der Waals surface area contributed by atoms with Gasteiger partial charge in [-0.05, 0) is 35.9 Å². The molecule has 7 heteroatoms. The molecule has 3 aromatic rings. The zero-order valence-electron chi connectivity index (χ0n) is 10.9. The molecule has 0 fully saturated rings. The monoisotopic (exact) mass is 321 g/mol. The lowest BCUT2D eigenvalue weighted by atomic mass is 10.2. The van der Waals surface area contributed by atoms with Crippen molar-refractivity contribution in [3.63, 3.8) is 0 Å². The van der Waals surface area contributed by atoms with Crippen LogP contribution in [-0.4, -0.2) is 18.0 Å². The number of hydrogen-bond acceptors (Lipinski definition) is 3. The standard InChI is InChI=1S/C14H12ClN3O2S/c15-12-3-1-2-11(8-12)10-21(19,20)17-13-5-7-18-14(9-13)4-6-16-18/h1-9,17H,10H2. The minimum atomic E-state index is -3.49. The Hall–Kier alpha value is -2.05. The Balaban J connectivity index is 1.82. The van der Waals surface area contributed by atoms with E-state index >= 15 is 0 Å². The van der Waals surface area contributed by atoms with Gasteiger partial charge in [-0.2, -0.15) is 5.10 Å². The Labute approximate surface area is 127 Å². The lowest BCUT2D eigenvalue weighted by Gasteiger charge is -2.08. The summed E-state index contributed by atoms with van der Waals surface area (Å²) >= 11 is 5.86. The number of aromatic nitrogens is 2. The van der Waals surface area contributed by atoms with Gasteiger partial charge in [-0.15, -0.1) is 0 Å². The topological polar surface area (TPSA) is 63.5 Å². The molecule has 0 radical (unpaired) electrons. The fourth-order valence-electron chi connectivity index (χ4n) is 2.05. The maximum atomic E-state index is 12.2. The molecular weight excluding hydrogens is 310 g/mol. The van der Waals surface area contributed by atoms with Crippen molar-refractivity contribution in [2.24, 2.45) is 0 Å². The molecule has 0 aliphatic heterocycles. The highest BCUT2D eigenvalue weighted by atomic mass is 35.5. The fourth-order valence-corrected chi connectivity index (χ4v) is 3.44. The molecule has 0 bridgehead atoms. The average Bonchev–Trinajstić information content (AvgIpc) is 2.84. The van der Waals surface area contributed by atoms with Gasteiger partial charge in [0.15, 0.2) is 0 Å². The van der Waals surface area contributed by atoms with E-state index in [1.165, 1.54) is 0 Å². The van der Waals surface area contributed by atoms with E-state index in [-0.39, 0.29) is 5.75 Å². The Kier molecular flexibility index (Phi) is 3.57. The van der Waals surface area contributed by atoms with Crippen LogP contribution in [-0.2, 0) is 15.8 Å². The normalized spacial score (nSPS) is 11.7. The van der Waals surface area contributed by atoms with Gasteiger partial charge in [-0.3, -0.25) is 4.72 Å². The van der Waals surface area contributed by atoms with Crippen LogP contribution in [0.2, 0.25) is 5.02 Å².